The average Bonchev–Trinajstić information content (AvgIpc) is 2.56. The number of aliphatic hydroxyl groups is 2. The van der Waals surface area contributed by atoms with E-state index in [9.17, 15) is 10.2 Å². The van der Waals surface area contributed by atoms with Gasteiger partial charge in [-0.05, 0) is 81.5 Å². The zero-order valence-corrected chi connectivity index (χ0v) is 14.0. The number of hydrogen-bond donors (Lipinski definition) is 2. The van der Waals surface area contributed by atoms with E-state index in [0.29, 0.717) is 5.92 Å². The Kier molecular flexibility index (Phi) is 6.17. The largest absolute Gasteiger partial charge is 0.393 e. The zero-order chi connectivity index (χ0) is 15.4. The van der Waals surface area contributed by atoms with E-state index in [-0.39, 0.29) is 6.10 Å². The third-order valence-electron chi connectivity index (χ3n) is 6.63. The second kappa shape index (κ2) is 8.12. The Hall–Kier alpha value is -0.120. The summed E-state index contributed by atoms with van der Waals surface area (Å²) in [5.74, 6) is 3.45. The van der Waals surface area contributed by atoms with Crippen molar-refractivity contribution < 1.29 is 14.9 Å². The van der Waals surface area contributed by atoms with Crippen LogP contribution in [-0.2, 0) is 4.74 Å². The maximum atomic E-state index is 9.65. The molecule has 0 aromatic rings. The summed E-state index contributed by atoms with van der Waals surface area (Å²) >= 11 is 0. The minimum Gasteiger partial charge on any atom is -0.393 e. The Morgan fingerprint density at radius 1 is 0.636 bits per heavy atom. The van der Waals surface area contributed by atoms with Crippen molar-refractivity contribution in [1.29, 1.82) is 0 Å². The van der Waals surface area contributed by atoms with E-state index in [2.05, 4.69) is 0 Å². The fourth-order valence-electron chi connectivity index (χ4n) is 5.01. The fourth-order valence-corrected chi connectivity index (χ4v) is 5.01. The Morgan fingerprint density at radius 3 is 1.77 bits per heavy atom. The predicted molar refractivity (Wildman–Crippen MR) is 87.3 cm³/mol. The molecule has 1 aliphatic heterocycles. The number of rotatable bonds is 4. The molecule has 1 heterocycles. The lowest BCUT2D eigenvalue weighted by Gasteiger charge is -2.37. The number of hydrogen-bond acceptors (Lipinski definition) is 3. The number of ether oxygens (including phenoxy) is 1. The maximum absolute atomic E-state index is 9.65. The van der Waals surface area contributed by atoms with Crippen molar-refractivity contribution in [3.05, 3.63) is 0 Å². The highest BCUT2D eigenvalue weighted by Crippen LogP contribution is 2.41. The Labute approximate surface area is 135 Å². The van der Waals surface area contributed by atoms with Gasteiger partial charge in [0, 0.05) is 0 Å². The lowest BCUT2D eigenvalue weighted by molar-refractivity contribution is -0.141. The van der Waals surface area contributed by atoms with Gasteiger partial charge in [-0.15, -0.1) is 0 Å². The minimum atomic E-state index is -0.499. The van der Waals surface area contributed by atoms with Gasteiger partial charge in [-0.25, -0.2) is 0 Å². The highest BCUT2D eigenvalue weighted by molar-refractivity contribution is 4.82. The van der Waals surface area contributed by atoms with Crippen LogP contribution in [-0.4, -0.2) is 29.2 Å². The summed E-state index contributed by atoms with van der Waals surface area (Å²) in [6, 6.07) is 0. The summed E-state index contributed by atoms with van der Waals surface area (Å²) < 4.78 is 5.37. The van der Waals surface area contributed by atoms with Crippen molar-refractivity contribution >= 4 is 0 Å². The van der Waals surface area contributed by atoms with Crippen LogP contribution in [0.3, 0.4) is 0 Å². The maximum Gasteiger partial charge on any atom is 0.154 e. The minimum absolute atomic E-state index is 0.0104. The highest BCUT2D eigenvalue weighted by atomic mass is 16.6. The first-order chi connectivity index (χ1) is 10.7. The molecule has 3 rings (SSSR count). The lowest BCUT2D eigenvalue weighted by Crippen LogP contribution is -2.28. The summed E-state index contributed by atoms with van der Waals surface area (Å²) in [6.07, 6.45) is 14.4. The van der Waals surface area contributed by atoms with Crippen LogP contribution in [0.15, 0.2) is 0 Å². The van der Waals surface area contributed by atoms with Gasteiger partial charge in [0.05, 0.1) is 12.7 Å². The summed E-state index contributed by atoms with van der Waals surface area (Å²) in [6.45, 7) is 0.765. The molecule has 2 saturated carbocycles. The van der Waals surface area contributed by atoms with Gasteiger partial charge < -0.3 is 14.9 Å². The van der Waals surface area contributed by atoms with E-state index in [1.54, 1.807) is 0 Å². The van der Waals surface area contributed by atoms with Gasteiger partial charge in [-0.3, -0.25) is 0 Å². The van der Waals surface area contributed by atoms with Gasteiger partial charge in [0.1, 0.15) is 0 Å². The lowest BCUT2D eigenvalue weighted by atomic mass is 9.69. The molecule has 0 amide bonds. The van der Waals surface area contributed by atoms with Crippen molar-refractivity contribution in [3.63, 3.8) is 0 Å². The summed E-state index contributed by atoms with van der Waals surface area (Å²) in [5.41, 5.74) is 0. The van der Waals surface area contributed by atoms with E-state index >= 15 is 0 Å². The second-order valence-corrected chi connectivity index (χ2v) is 8.16. The first-order valence-corrected chi connectivity index (χ1v) is 9.68. The molecule has 2 atom stereocenters. The van der Waals surface area contributed by atoms with Crippen LogP contribution in [0.2, 0.25) is 0 Å². The Balaban J connectivity index is 1.32. The van der Waals surface area contributed by atoms with Gasteiger partial charge >= 0.3 is 0 Å². The quantitative estimate of drug-likeness (QED) is 0.829. The summed E-state index contributed by atoms with van der Waals surface area (Å²) in [5, 5.41) is 19.0. The third-order valence-corrected chi connectivity index (χ3v) is 6.63. The number of aliphatic hydroxyl groups excluding tert-OH is 2. The molecular weight excluding hydrogens is 276 g/mol. The van der Waals surface area contributed by atoms with E-state index in [1.807, 2.05) is 0 Å². The van der Waals surface area contributed by atoms with Crippen molar-refractivity contribution in [2.24, 2.45) is 23.7 Å². The van der Waals surface area contributed by atoms with Crippen molar-refractivity contribution in [3.8, 4) is 0 Å². The Morgan fingerprint density at radius 2 is 1.18 bits per heavy atom. The van der Waals surface area contributed by atoms with Crippen LogP contribution >= 0.6 is 0 Å². The first kappa shape index (κ1) is 16.7. The molecule has 1 saturated heterocycles. The van der Waals surface area contributed by atoms with Crippen molar-refractivity contribution in [2.75, 3.05) is 6.61 Å². The topological polar surface area (TPSA) is 49.7 Å². The molecule has 0 aromatic carbocycles. The van der Waals surface area contributed by atoms with Gasteiger partial charge in [0.25, 0.3) is 0 Å². The fraction of sp³-hybridized carbons (Fsp3) is 1.00. The van der Waals surface area contributed by atoms with Gasteiger partial charge in [-0.1, -0.05) is 19.3 Å². The van der Waals surface area contributed by atoms with Crippen LogP contribution in [0.25, 0.3) is 0 Å². The molecule has 0 spiro atoms. The van der Waals surface area contributed by atoms with Gasteiger partial charge in [0.15, 0.2) is 6.29 Å². The van der Waals surface area contributed by atoms with E-state index < -0.39 is 6.29 Å². The van der Waals surface area contributed by atoms with Gasteiger partial charge in [-0.2, -0.15) is 0 Å². The molecule has 0 bridgehead atoms. The van der Waals surface area contributed by atoms with E-state index in [1.165, 1.54) is 51.4 Å². The molecule has 0 aromatic heterocycles. The molecule has 0 radical (unpaired) electrons. The van der Waals surface area contributed by atoms with Crippen LogP contribution < -0.4 is 0 Å². The molecule has 2 N–H and O–H groups in total. The molecule has 3 heteroatoms. The zero-order valence-electron chi connectivity index (χ0n) is 14.0. The molecular formula is C19H34O3. The normalized spacial score (nSPS) is 43.9. The molecule has 128 valence electrons. The van der Waals surface area contributed by atoms with E-state index in [0.717, 1.165) is 50.0 Å². The van der Waals surface area contributed by atoms with Crippen LogP contribution in [0, 0.1) is 23.7 Å². The molecule has 2 aliphatic carbocycles. The monoisotopic (exact) mass is 310 g/mol. The first-order valence-electron chi connectivity index (χ1n) is 9.68. The molecule has 3 nitrogen and oxygen atoms in total. The second-order valence-electron chi connectivity index (χ2n) is 8.16. The average molecular weight is 310 g/mol. The predicted octanol–water partition coefficient (Wildman–Crippen LogP) is 3.87. The molecule has 3 fully saturated rings. The van der Waals surface area contributed by atoms with E-state index in [4.69, 9.17) is 4.74 Å². The van der Waals surface area contributed by atoms with Gasteiger partial charge in [0.2, 0.25) is 0 Å². The third kappa shape index (κ3) is 4.69. The van der Waals surface area contributed by atoms with Crippen molar-refractivity contribution in [2.45, 2.75) is 89.4 Å². The molecule has 2 unspecified atom stereocenters. The highest BCUT2D eigenvalue weighted by Gasteiger charge is 2.30. The molecule has 22 heavy (non-hydrogen) atoms. The van der Waals surface area contributed by atoms with Crippen LogP contribution in [0.1, 0.15) is 77.0 Å². The summed E-state index contributed by atoms with van der Waals surface area (Å²) in [7, 11) is 0. The SMILES string of the molecule is OC1CCC(C2CCC(CCC3CCC(O)OC3)CC2)CC1. The van der Waals surface area contributed by atoms with Crippen molar-refractivity contribution in [1.82, 2.24) is 0 Å². The molecule has 3 aliphatic rings. The van der Waals surface area contributed by atoms with Crippen LogP contribution in [0.4, 0.5) is 0 Å². The standard InChI is InChI=1S/C19H34O3/c20-18-10-8-17(9-11-18)16-6-3-14(4-7-16)1-2-15-5-12-19(21)22-13-15/h14-21H,1-13H2. The van der Waals surface area contributed by atoms with Crippen LogP contribution in [0.5, 0.6) is 0 Å². The summed E-state index contributed by atoms with van der Waals surface area (Å²) in [4.78, 5) is 0. The Bertz CT molecular complexity index is 309. The smallest absolute Gasteiger partial charge is 0.154 e.